The minimum absolute atomic E-state index is 0.196. The Morgan fingerprint density at radius 3 is 2.45 bits per heavy atom. The number of rotatable bonds is 3. The molecule has 0 radical (unpaired) electrons. The van der Waals surface area contributed by atoms with Gasteiger partial charge >= 0.3 is 0 Å². The molecular weight excluding hydrogens is 246 g/mol. The van der Waals surface area contributed by atoms with Crippen molar-refractivity contribution >= 4 is 0 Å². The summed E-state index contributed by atoms with van der Waals surface area (Å²) in [5, 5.41) is 3.40. The number of nitrogens with one attached hydrogen (secondary N) is 1. The van der Waals surface area contributed by atoms with Crippen molar-refractivity contribution in [1.29, 1.82) is 0 Å². The van der Waals surface area contributed by atoms with Crippen molar-refractivity contribution in [2.45, 2.75) is 70.9 Å². The molecule has 2 nitrogen and oxygen atoms in total. The molecular formula is C18H29NO. The Kier molecular flexibility index (Phi) is 4.74. The number of aryl methyl sites for hydroxylation is 1. The van der Waals surface area contributed by atoms with Crippen LogP contribution in [-0.4, -0.2) is 19.2 Å². The van der Waals surface area contributed by atoms with Crippen LogP contribution in [0.3, 0.4) is 0 Å². The smallest absolute Gasteiger partial charge is 0.122 e. The van der Waals surface area contributed by atoms with Crippen molar-refractivity contribution in [2.75, 3.05) is 7.05 Å². The first-order valence-electron chi connectivity index (χ1n) is 7.87. The summed E-state index contributed by atoms with van der Waals surface area (Å²) in [7, 11) is 2.04. The predicted molar refractivity (Wildman–Crippen MR) is 85.6 cm³/mol. The fourth-order valence-corrected chi connectivity index (χ4v) is 2.98. The average molecular weight is 275 g/mol. The van der Waals surface area contributed by atoms with Crippen LogP contribution in [0.15, 0.2) is 18.2 Å². The summed E-state index contributed by atoms with van der Waals surface area (Å²) in [5.74, 6) is 1.05. The fraction of sp³-hybridized carbons (Fsp3) is 0.667. The highest BCUT2D eigenvalue weighted by Crippen LogP contribution is 2.30. The maximum Gasteiger partial charge on any atom is 0.122 e. The van der Waals surface area contributed by atoms with Gasteiger partial charge in [0.05, 0.1) is 0 Å². The highest BCUT2D eigenvalue weighted by Gasteiger charge is 2.26. The molecule has 0 aromatic heterocycles. The number of benzene rings is 1. The maximum absolute atomic E-state index is 6.29. The first-order chi connectivity index (χ1) is 9.41. The molecule has 0 amide bonds. The second kappa shape index (κ2) is 6.17. The van der Waals surface area contributed by atoms with Crippen molar-refractivity contribution in [2.24, 2.45) is 0 Å². The fourth-order valence-electron chi connectivity index (χ4n) is 2.98. The Morgan fingerprint density at radius 2 is 1.85 bits per heavy atom. The molecule has 1 aromatic rings. The molecule has 2 rings (SSSR count). The van der Waals surface area contributed by atoms with E-state index in [1.807, 2.05) is 7.05 Å². The topological polar surface area (TPSA) is 21.3 Å². The van der Waals surface area contributed by atoms with Gasteiger partial charge in [0.2, 0.25) is 0 Å². The Labute approximate surface area is 123 Å². The standard InChI is InChI=1S/C18H29NO/c1-13-12-14(18(2,3)4)10-11-16(13)20-17-9-7-6-8-15(17)19-5/h10-12,15,17,19H,6-9H2,1-5H3. The molecule has 0 heterocycles. The van der Waals surface area contributed by atoms with E-state index in [1.54, 1.807) is 0 Å². The van der Waals surface area contributed by atoms with Crippen LogP contribution in [-0.2, 0) is 5.41 Å². The minimum atomic E-state index is 0.196. The van der Waals surface area contributed by atoms with E-state index in [0.717, 1.165) is 12.2 Å². The second-order valence-corrected chi connectivity index (χ2v) is 7.07. The molecule has 0 saturated heterocycles. The van der Waals surface area contributed by atoms with Gasteiger partial charge in [-0.1, -0.05) is 39.3 Å². The van der Waals surface area contributed by atoms with E-state index in [0.29, 0.717) is 12.1 Å². The van der Waals surface area contributed by atoms with Gasteiger partial charge < -0.3 is 10.1 Å². The second-order valence-electron chi connectivity index (χ2n) is 7.07. The van der Waals surface area contributed by atoms with E-state index in [2.05, 4.69) is 51.2 Å². The Balaban J connectivity index is 2.13. The zero-order chi connectivity index (χ0) is 14.8. The van der Waals surface area contributed by atoms with Gasteiger partial charge in [-0.2, -0.15) is 0 Å². The van der Waals surface area contributed by atoms with E-state index in [-0.39, 0.29) is 5.41 Å². The molecule has 2 unspecified atom stereocenters. The Bertz CT molecular complexity index is 447. The molecule has 1 N–H and O–H groups in total. The van der Waals surface area contributed by atoms with Crippen LogP contribution in [0.25, 0.3) is 0 Å². The highest BCUT2D eigenvalue weighted by atomic mass is 16.5. The lowest BCUT2D eigenvalue weighted by Crippen LogP contribution is -2.43. The molecule has 0 bridgehead atoms. The van der Waals surface area contributed by atoms with E-state index < -0.39 is 0 Å². The lowest BCUT2D eigenvalue weighted by atomic mass is 9.86. The van der Waals surface area contributed by atoms with Crippen LogP contribution in [0.4, 0.5) is 0 Å². The normalized spacial score (nSPS) is 23.6. The molecule has 112 valence electrons. The first-order valence-corrected chi connectivity index (χ1v) is 7.87. The Morgan fingerprint density at radius 1 is 1.15 bits per heavy atom. The monoisotopic (exact) mass is 275 g/mol. The van der Waals surface area contributed by atoms with Crippen LogP contribution in [0.5, 0.6) is 5.75 Å². The van der Waals surface area contributed by atoms with Crippen LogP contribution in [0.2, 0.25) is 0 Å². The van der Waals surface area contributed by atoms with Gasteiger partial charge in [-0.15, -0.1) is 0 Å². The lowest BCUT2D eigenvalue weighted by molar-refractivity contribution is 0.117. The Hall–Kier alpha value is -1.02. The highest BCUT2D eigenvalue weighted by molar-refractivity contribution is 5.39. The summed E-state index contributed by atoms with van der Waals surface area (Å²) in [5.41, 5.74) is 2.82. The number of hydrogen-bond acceptors (Lipinski definition) is 2. The third kappa shape index (κ3) is 3.54. The van der Waals surface area contributed by atoms with Gasteiger partial charge in [0, 0.05) is 6.04 Å². The summed E-state index contributed by atoms with van der Waals surface area (Å²) >= 11 is 0. The van der Waals surface area contributed by atoms with Gasteiger partial charge in [0.15, 0.2) is 0 Å². The molecule has 2 atom stereocenters. The minimum Gasteiger partial charge on any atom is -0.489 e. The van der Waals surface area contributed by atoms with Crippen LogP contribution < -0.4 is 10.1 Å². The molecule has 0 spiro atoms. The molecule has 1 fully saturated rings. The summed E-state index contributed by atoms with van der Waals surface area (Å²) in [6.07, 6.45) is 5.29. The van der Waals surface area contributed by atoms with Crippen molar-refractivity contribution in [3.63, 3.8) is 0 Å². The molecule has 20 heavy (non-hydrogen) atoms. The van der Waals surface area contributed by atoms with Crippen LogP contribution in [0.1, 0.15) is 57.6 Å². The van der Waals surface area contributed by atoms with Gasteiger partial charge in [-0.3, -0.25) is 0 Å². The summed E-state index contributed by atoms with van der Waals surface area (Å²) < 4.78 is 6.29. The summed E-state index contributed by atoms with van der Waals surface area (Å²) in [6.45, 7) is 8.91. The van der Waals surface area contributed by atoms with Gasteiger partial charge in [-0.05, 0) is 55.8 Å². The summed E-state index contributed by atoms with van der Waals surface area (Å²) in [4.78, 5) is 0. The third-order valence-corrected chi connectivity index (χ3v) is 4.39. The van der Waals surface area contributed by atoms with Crippen molar-refractivity contribution < 1.29 is 4.74 Å². The zero-order valence-corrected chi connectivity index (χ0v) is 13.6. The van der Waals surface area contributed by atoms with Crippen molar-refractivity contribution in [3.05, 3.63) is 29.3 Å². The van der Waals surface area contributed by atoms with Gasteiger partial charge in [0.25, 0.3) is 0 Å². The van der Waals surface area contributed by atoms with Crippen LogP contribution >= 0.6 is 0 Å². The zero-order valence-electron chi connectivity index (χ0n) is 13.6. The number of hydrogen-bond donors (Lipinski definition) is 1. The lowest BCUT2D eigenvalue weighted by Gasteiger charge is -2.32. The molecule has 1 aliphatic rings. The number of ether oxygens (including phenoxy) is 1. The largest absolute Gasteiger partial charge is 0.489 e. The quantitative estimate of drug-likeness (QED) is 0.892. The summed E-state index contributed by atoms with van der Waals surface area (Å²) in [6, 6.07) is 7.12. The van der Waals surface area contributed by atoms with Crippen molar-refractivity contribution in [3.8, 4) is 5.75 Å². The van der Waals surface area contributed by atoms with E-state index in [4.69, 9.17) is 4.74 Å². The molecule has 1 aliphatic carbocycles. The molecule has 1 saturated carbocycles. The predicted octanol–water partition coefficient (Wildman–Crippen LogP) is 4.20. The van der Waals surface area contributed by atoms with Gasteiger partial charge in [-0.25, -0.2) is 0 Å². The van der Waals surface area contributed by atoms with E-state index in [1.165, 1.54) is 30.4 Å². The van der Waals surface area contributed by atoms with Crippen LogP contribution in [0, 0.1) is 6.92 Å². The van der Waals surface area contributed by atoms with Gasteiger partial charge in [0.1, 0.15) is 11.9 Å². The molecule has 1 aromatic carbocycles. The molecule has 0 aliphatic heterocycles. The number of likely N-dealkylation sites (N-methyl/N-ethyl adjacent to an activating group) is 1. The average Bonchev–Trinajstić information content (AvgIpc) is 2.40. The SMILES string of the molecule is CNC1CCCCC1Oc1ccc(C(C)(C)C)cc1C. The first kappa shape index (κ1) is 15.4. The third-order valence-electron chi connectivity index (χ3n) is 4.39. The maximum atomic E-state index is 6.29. The van der Waals surface area contributed by atoms with E-state index >= 15 is 0 Å². The molecule has 2 heteroatoms. The van der Waals surface area contributed by atoms with E-state index in [9.17, 15) is 0 Å². The van der Waals surface area contributed by atoms with Crippen molar-refractivity contribution in [1.82, 2.24) is 5.32 Å².